The summed E-state index contributed by atoms with van der Waals surface area (Å²) < 4.78 is 24.2. The fourth-order valence-corrected chi connectivity index (χ4v) is 1.52. The Kier molecular flexibility index (Phi) is 6.54. The molecule has 96 valence electrons. The van der Waals surface area contributed by atoms with Crippen molar-refractivity contribution in [2.75, 3.05) is 19.3 Å². The zero-order chi connectivity index (χ0) is 12.8. The van der Waals surface area contributed by atoms with Gasteiger partial charge in [-0.05, 0) is 13.0 Å². The van der Waals surface area contributed by atoms with Gasteiger partial charge in [0.2, 0.25) is 15.9 Å². The first kappa shape index (κ1) is 15.3. The van der Waals surface area contributed by atoms with Crippen LogP contribution in [0.5, 0.6) is 0 Å². The molecule has 0 aliphatic heterocycles. The molecule has 0 fully saturated rings. The fourth-order valence-electron chi connectivity index (χ4n) is 0.949. The Balaban J connectivity index is 3.83. The maximum Gasteiger partial charge on any atom is 0.221 e. The fraction of sp³-hybridized carbons (Fsp3) is 0.889. The monoisotopic (exact) mass is 251 g/mol. The minimum atomic E-state index is -3.26. The van der Waals surface area contributed by atoms with Gasteiger partial charge < -0.3 is 11.1 Å². The van der Waals surface area contributed by atoms with E-state index in [1.165, 1.54) is 7.05 Å². The first-order valence-electron chi connectivity index (χ1n) is 5.22. The van der Waals surface area contributed by atoms with Crippen molar-refractivity contribution in [3.63, 3.8) is 0 Å². The number of hydrogen-bond donors (Lipinski definition) is 3. The Bertz CT molecular complexity index is 314. The Morgan fingerprint density at radius 3 is 2.38 bits per heavy atom. The first-order chi connectivity index (χ1) is 7.28. The van der Waals surface area contributed by atoms with E-state index in [1.807, 2.05) is 13.8 Å². The van der Waals surface area contributed by atoms with Gasteiger partial charge in [0.25, 0.3) is 0 Å². The summed E-state index contributed by atoms with van der Waals surface area (Å²) in [6.45, 7) is 3.97. The highest BCUT2D eigenvalue weighted by atomic mass is 32.2. The van der Waals surface area contributed by atoms with E-state index in [2.05, 4.69) is 10.0 Å². The highest BCUT2D eigenvalue weighted by molar-refractivity contribution is 7.89. The Hall–Kier alpha value is -0.660. The molecule has 0 aromatic carbocycles. The summed E-state index contributed by atoms with van der Waals surface area (Å²) in [6, 6.07) is -0.194. The van der Waals surface area contributed by atoms with Crippen molar-refractivity contribution in [2.24, 2.45) is 11.7 Å². The molecule has 16 heavy (non-hydrogen) atoms. The molecule has 1 atom stereocenters. The minimum Gasteiger partial charge on any atom is -0.355 e. The molecule has 0 saturated carbocycles. The lowest BCUT2D eigenvalue weighted by Crippen LogP contribution is -2.37. The molecule has 0 saturated heterocycles. The van der Waals surface area contributed by atoms with Crippen molar-refractivity contribution < 1.29 is 13.2 Å². The highest BCUT2D eigenvalue weighted by Gasteiger charge is 2.13. The Morgan fingerprint density at radius 1 is 1.38 bits per heavy atom. The predicted molar refractivity (Wildman–Crippen MR) is 63.3 cm³/mol. The van der Waals surface area contributed by atoms with E-state index in [0.717, 1.165) is 0 Å². The molecule has 1 amide bonds. The summed E-state index contributed by atoms with van der Waals surface area (Å²) in [5, 5.41) is 2.52. The van der Waals surface area contributed by atoms with Crippen LogP contribution in [0.3, 0.4) is 0 Å². The second-order valence-corrected chi connectivity index (χ2v) is 6.03. The van der Waals surface area contributed by atoms with Gasteiger partial charge in [0.05, 0.1) is 5.75 Å². The molecule has 6 nitrogen and oxygen atoms in total. The number of carbonyl (C=O) groups is 1. The lowest BCUT2D eigenvalue weighted by molar-refractivity contribution is -0.121. The van der Waals surface area contributed by atoms with Crippen LogP contribution in [0.1, 0.15) is 20.3 Å². The normalized spacial score (nSPS) is 13.8. The lowest BCUT2D eigenvalue weighted by Gasteiger charge is -2.14. The third-order valence-corrected chi connectivity index (χ3v) is 3.64. The molecule has 0 radical (unpaired) electrons. The van der Waals surface area contributed by atoms with Gasteiger partial charge in [-0.3, -0.25) is 4.79 Å². The smallest absolute Gasteiger partial charge is 0.221 e. The first-order valence-corrected chi connectivity index (χ1v) is 6.87. The topological polar surface area (TPSA) is 101 Å². The molecule has 0 aliphatic carbocycles. The van der Waals surface area contributed by atoms with Gasteiger partial charge in [-0.2, -0.15) is 0 Å². The maximum atomic E-state index is 11.3. The van der Waals surface area contributed by atoms with Crippen LogP contribution in [0.2, 0.25) is 0 Å². The second kappa shape index (κ2) is 6.82. The summed E-state index contributed by atoms with van der Waals surface area (Å²) in [5.41, 5.74) is 5.71. The summed E-state index contributed by atoms with van der Waals surface area (Å²) in [6.07, 6.45) is 0.220. The predicted octanol–water partition coefficient (Wildman–Crippen LogP) is -0.975. The highest BCUT2D eigenvalue weighted by Crippen LogP contribution is 2.01. The molecule has 0 rings (SSSR count). The van der Waals surface area contributed by atoms with Crippen molar-refractivity contribution in [3.05, 3.63) is 0 Å². The van der Waals surface area contributed by atoms with Gasteiger partial charge in [0.15, 0.2) is 0 Å². The van der Waals surface area contributed by atoms with Gasteiger partial charge in [-0.15, -0.1) is 0 Å². The van der Waals surface area contributed by atoms with Crippen LogP contribution < -0.4 is 15.8 Å². The molecule has 0 spiro atoms. The molecule has 0 heterocycles. The molecule has 7 heteroatoms. The van der Waals surface area contributed by atoms with Crippen LogP contribution in [0, 0.1) is 5.92 Å². The SMILES string of the molecule is CNS(=O)(=O)CCNC(=O)CC(N)C(C)C. The van der Waals surface area contributed by atoms with E-state index in [0.29, 0.717) is 0 Å². The third kappa shape index (κ3) is 6.76. The Labute approximate surface area is 97.0 Å². The maximum absolute atomic E-state index is 11.3. The largest absolute Gasteiger partial charge is 0.355 e. The molecule has 0 bridgehead atoms. The van der Waals surface area contributed by atoms with Crippen LogP contribution >= 0.6 is 0 Å². The molecular weight excluding hydrogens is 230 g/mol. The van der Waals surface area contributed by atoms with Crippen LogP contribution in [0.15, 0.2) is 0 Å². The lowest BCUT2D eigenvalue weighted by atomic mass is 10.0. The van der Waals surface area contributed by atoms with Crippen molar-refractivity contribution in [3.8, 4) is 0 Å². The van der Waals surface area contributed by atoms with Gasteiger partial charge in [-0.1, -0.05) is 13.8 Å². The number of nitrogens with two attached hydrogens (primary N) is 1. The van der Waals surface area contributed by atoms with Gasteiger partial charge in [0.1, 0.15) is 0 Å². The number of nitrogens with one attached hydrogen (secondary N) is 2. The molecule has 0 aliphatic rings. The van der Waals surface area contributed by atoms with Crippen molar-refractivity contribution >= 4 is 15.9 Å². The molecule has 0 aromatic rings. The number of hydrogen-bond acceptors (Lipinski definition) is 4. The van der Waals surface area contributed by atoms with E-state index in [4.69, 9.17) is 5.73 Å². The molecule has 4 N–H and O–H groups in total. The number of carbonyl (C=O) groups excluding carboxylic acids is 1. The zero-order valence-corrected chi connectivity index (χ0v) is 10.8. The van der Waals surface area contributed by atoms with Crippen molar-refractivity contribution in [2.45, 2.75) is 26.3 Å². The summed E-state index contributed by atoms with van der Waals surface area (Å²) in [5.74, 6) is -0.106. The number of sulfonamides is 1. The zero-order valence-electron chi connectivity index (χ0n) is 9.99. The van der Waals surface area contributed by atoms with E-state index in [9.17, 15) is 13.2 Å². The van der Waals surface area contributed by atoms with Gasteiger partial charge in [-0.25, -0.2) is 13.1 Å². The summed E-state index contributed by atoms with van der Waals surface area (Å²) in [4.78, 5) is 11.3. The third-order valence-electron chi connectivity index (χ3n) is 2.28. The molecular formula is C9H21N3O3S. The van der Waals surface area contributed by atoms with Crippen molar-refractivity contribution in [1.82, 2.24) is 10.0 Å². The summed E-state index contributed by atoms with van der Waals surface area (Å²) >= 11 is 0. The minimum absolute atomic E-state index is 0.104. The molecule has 1 unspecified atom stereocenters. The van der Waals surface area contributed by atoms with Crippen LogP contribution in [0.4, 0.5) is 0 Å². The van der Waals surface area contributed by atoms with Crippen LogP contribution in [-0.4, -0.2) is 39.7 Å². The second-order valence-electron chi connectivity index (χ2n) is 3.98. The van der Waals surface area contributed by atoms with E-state index in [-0.39, 0.29) is 36.6 Å². The molecule has 0 aromatic heterocycles. The average Bonchev–Trinajstić information content (AvgIpc) is 2.17. The average molecular weight is 251 g/mol. The van der Waals surface area contributed by atoms with Crippen LogP contribution in [-0.2, 0) is 14.8 Å². The number of amides is 1. The van der Waals surface area contributed by atoms with Crippen LogP contribution in [0.25, 0.3) is 0 Å². The quantitative estimate of drug-likeness (QED) is 0.541. The Morgan fingerprint density at radius 2 is 1.94 bits per heavy atom. The van der Waals surface area contributed by atoms with Crippen molar-refractivity contribution in [1.29, 1.82) is 0 Å². The van der Waals surface area contributed by atoms with E-state index < -0.39 is 10.0 Å². The number of rotatable bonds is 7. The standard InChI is InChI=1S/C9H21N3O3S/c1-7(2)8(10)6-9(13)12-4-5-16(14,15)11-3/h7-8,11H,4-6,10H2,1-3H3,(H,12,13). The van der Waals surface area contributed by atoms with Gasteiger partial charge >= 0.3 is 0 Å². The van der Waals surface area contributed by atoms with Gasteiger partial charge in [0, 0.05) is 19.0 Å². The van der Waals surface area contributed by atoms with E-state index >= 15 is 0 Å². The summed E-state index contributed by atoms with van der Waals surface area (Å²) in [7, 11) is -1.92. The van der Waals surface area contributed by atoms with E-state index in [1.54, 1.807) is 0 Å².